The van der Waals surface area contributed by atoms with Gasteiger partial charge in [-0.15, -0.1) is 0 Å². The first kappa shape index (κ1) is 14.1. The number of amides is 2. The quantitative estimate of drug-likeness (QED) is 0.728. The highest BCUT2D eigenvalue weighted by Crippen LogP contribution is 2.09. The van der Waals surface area contributed by atoms with Gasteiger partial charge in [0.15, 0.2) is 0 Å². The summed E-state index contributed by atoms with van der Waals surface area (Å²) < 4.78 is 0. The number of carbonyl (C=O) groups excluding carboxylic acids is 2. The zero-order chi connectivity index (χ0) is 13.8. The van der Waals surface area contributed by atoms with Crippen LogP contribution in [-0.4, -0.2) is 34.1 Å². The Morgan fingerprint density at radius 1 is 1.44 bits per heavy atom. The molecule has 0 bridgehead atoms. The maximum absolute atomic E-state index is 11.9. The van der Waals surface area contributed by atoms with Crippen LogP contribution in [0.3, 0.4) is 0 Å². The van der Waals surface area contributed by atoms with Crippen LogP contribution in [0.5, 0.6) is 0 Å². The monoisotopic (exact) mass is 251 g/mol. The van der Waals surface area contributed by atoms with Gasteiger partial charge < -0.3 is 15.7 Å². The molecule has 18 heavy (non-hydrogen) atoms. The van der Waals surface area contributed by atoms with Gasteiger partial charge in [-0.25, -0.2) is 4.98 Å². The summed E-state index contributed by atoms with van der Waals surface area (Å²) in [5.74, 6) is -0.268. The number of nitrogens with zero attached hydrogens (tertiary/aromatic N) is 1. The van der Waals surface area contributed by atoms with Gasteiger partial charge in [-0.3, -0.25) is 9.59 Å². The molecule has 1 aromatic heterocycles. The van der Waals surface area contributed by atoms with E-state index in [2.05, 4.69) is 15.6 Å². The first-order valence-corrected chi connectivity index (χ1v) is 5.51. The molecule has 0 atom stereocenters. The van der Waals surface area contributed by atoms with Crippen molar-refractivity contribution in [2.75, 3.05) is 11.9 Å². The third kappa shape index (κ3) is 4.14. The molecular weight excluding hydrogens is 234 g/mol. The molecule has 1 rings (SSSR count). The van der Waals surface area contributed by atoms with Gasteiger partial charge in [-0.2, -0.15) is 0 Å². The lowest BCUT2D eigenvalue weighted by Gasteiger charge is -2.23. The van der Waals surface area contributed by atoms with E-state index in [0.29, 0.717) is 11.4 Å². The molecule has 0 aliphatic carbocycles. The number of pyridine rings is 1. The highest BCUT2D eigenvalue weighted by atomic mass is 16.3. The van der Waals surface area contributed by atoms with Crippen molar-refractivity contribution in [1.82, 2.24) is 10.3 Å². The zero-order valence-electron chi connectivity index (χ0n) is 10.7. The molecule has 1 aromatic rings. The number of anilines is 1. The van der Waals surface area contributed by atoms with Crippen LogP contribution in [0.1, 0.15) is 31.1 Å². The second kappa shape index (κ2) is 5.59. The summed E-state index contributed by atoms with van der Waals surface area (Å²) in [6, 6.07) is 3.01. The molecule has 6 nitrogen and oxygen atoms in total. The molecule has 0 aromatic carbocycles. The molecule has 0 unspecified atom stereocenters. The molecule has 0 radical (unpaired) electrons. The Kier molecular flexibility index (Phi) is 4.38. The maximum atomic E-state index is 11.9. The average molecular weight is 251 g/mol. The predicted octanol–water partition coefficient (Wildman–Crippen LogP) is 0.541. The molecule has 98 valence electrons. The van der Waals surface area contributed by atoms with Crippen molar-refractivity contribution in [2.45, 2.75) is 26.3 Å². The zero-order valence-corrected chi connectivity index (χ0v) is 10.7. The Morgan fingerprint density at radius 3 is 2.67 bits per heavy atom. The van der Waals surface area contributed by atoms with Crippen LogP contribution in [0, 0.1) is 0 Å². The Labute approximate surface area is 105 Å². The number of hydrogen-bond donors (Lipinski definition) is 3. The van der Waals surface area contributed by atoms with Crippen molar-refractivity contribution in [3.8, 4) is 0 Å². The first-order chi connectivity index (χ1) is 8.34. The minimum absolute atomic E-state index is 0.164. The van der Waals surface area contributed by atoms with E-state index < -0.39 is 5.54 Å². The molecule has 0 saturated carbocycles. The number of aromatic nitrogens is 1. The molecule has 0 spiro atoms. The van der Waals surface area contributed by atoms with Crippen LogP contribution >= 0.6 is 0 Å². The lowest BCUT2D eigenvalue weighted by molar-refractivity contribution is -0.114. The molecule has 2 amide bonds. The highest BCUT2D eigenvalue weighted by molar-refractivity contribution is 5.96. The fourth-order valence-corrected chi connectivity index (χ4v) is 1.24. The number of hydrogen-bond acceptors (Lipinski definition) is 4. The predicted molar refractivity (Wildman–Crippen MR) is 67.2 cm³/mol. The summed E-state index contributed by atoms with van der Waals surface area (Å²) >= 11 is 0. The lowest BCUT2D eigenvalue weighted by Crippen LogP contribution is -2.46. The third-order valence-electron chi connectivity index (χ3n) is 2.17. The van der Waals surface area contributed by atoms with Gasteiger partial charge in [-0.1, -0.05) is 0 Å². The van der Waals surface area contributed by atoms with Gasteiger partial charge in [0.2, 0.25) is 5.91 Å². The Morgan fingerprint density at radius 2 is 2.11 bits per heavy atom. The average Bonchev–Trinajstić information content (AvgIpc) is 2.28. The number of nitrogens with one attached hydrogen (secondary N) is 2. The van der Waals surface area contributed by atoms with Crippen LogP contribution in [0.15, 0.2) is 18.3 Å². The van der Waals surface area contributed by atoms with Gasteiger partial charge in [-0.05, 0) is 26.0 Å². The normalized spacial score (nSPS) is 10.9. The van der Waals surface area contributed by atoms with Crippen LogP contribution in [0.2, 0.25) is 0 Å². The summed E-state index contributed by atoms with van der Waals surface area (Å²) in [6.07, 6.45) is 1.44. The second-order valence-electron chi connectivity index (χ2n) is 4.61. The van der Waals surface area contributed by atoms with Gasteiger partial charge in [0, 0.05) is 18.7 Å². The number of aliphatic hydroxyl groups is 1. The van der Waals surface area contributed by atoms with Crippen LogP contribution in [0.25, 0.3) is 0 Å². The van der Waals surface area contributed by atoms with Crippen LogP contribution < -0.4 is 10.6 Å². The molecule has 0 aliphatic heterocycles. The van der Waals surface area contributed by atoms with Crippen LogP contribution in [0.4, 0.5) is 5.82 Å². The van der Waals surface area contributed by atoms with E-state index in [9.17, 15) is 9.59 Å². The van der Waals surface area contributed by atoms with E-state index in [-0.39, 0.29) is 18.4 Å². The lowest BCUT2D eigenvalue weighted by atomic mass is 10.1. The first-order valence-electron chi connectivity index (χ1n) is 5.51. The van der Waals surface area contributed by atoms with Crippen molar-refractivity contribution in [2.24, 2.45) is 0 Å². The molecule has 6 heteroatoms. The molecule has 3 N–H and O–H groups in total. The van der Waals surface area contributed by atoms with Gasteiger partial charge in [0.1, 0.15) is 5.82 Å². The van der Waals surface area contributed by atoms with E-state index in [1.165, 1.54) is 25.3 Å². The van der Waals surface area contributed by atoms with Gasteiger partial charge >= 0.3 is 0 Å². The van der Waals surface area contributed by atoms with E-state index in [4.69, 9.17) is 5.11 Å². The third-order valence-corrected chi connectivity index (χ3v) is 2.17. The van der Waals surface area contributed by atoms with Crippen molar-refractivity contribution >= 4 is 17.6 Å². The SMILES string of the molecule is CC(=O)Nc1cc(C(=O)NC(C)(C)CO)ccn1. The molecule has 0 saturated heterocycles. The maximum Gasteiger partial charge on any atom is 0.251 e. The summed E-state index contributed by atoms with van der Waals surface area (Å²) in [6.45, 7) is 4.62. The van der Waals surface area contributed by atoms with Gasteiger partial charge in [0.05, 0.1) is 12.1 Å². The second-order valence-corrected chi connectivity index (χ2v) is 4.61. The van der Waals surface area contributed by atoms with Crippen LogP contribution in [-0.2, 0) is 4.79 Å². The topological polar surface area (TPSA) is 91.3 Å². The van der Waals surface area contributed by atoms with Crippen molar-refractivity contribution in [1.29, 1.82) is 0 Å². The van der Waals surface area contributed by atoms with Crippen molar-refractivity contribution < 1.29 is 14.7 Å². The fourth-order valence-electron chi connectivity index (χ4n) is 1.24. The van der Waals surface area contributed by atoms with E-state index >= 15 is 0 Å². The Balaban J connectivity index is 2.83. The standard InChI is InChI=1S/C12H17N3O3/c1-8(17)14-10-6-9(4-5-13-10)11(18)15-12(2,3)7-16/h4-6,16H,7H2,1-3H3,(H,15,18)(H,13,14,17). The minimum atomic E-state index is -0.700. The number of rotatable bonds is 4. The molecule has 0 fully saturated rings. The smallest absolute Gasteiger partial charge is 0.251 e. The van der Waals surface area contributed by atoms with E-state index in [0.717, 1.165) is 0 Å². The summed E-state index contributed by atoms with van der Waals surface area (Å²) in [7, 11) is 0. The molecule has 1 heterocycles. The van der Waals surface area contributed by atoms with E-state index in [1.54, 1.807) is 13.8 Å². The fraction of sp³-hybridized carbons (Fsp3) is 0.417. The number of aliphatic hydroxyl groups excluding tert-OH is 1. The highest BCUT2D eigenvalue weighted by Gasteiger charge is 2.20. The van der Waals surface area contributed by atoms with E-state index in [1.807, 2.05) is 0 Å². The summed E-state index contributed by atoms with van der Waals surface area (Å²) in [5, 5.41) is 14.3. The van der Waals surface area contributed by atoms with Crippen molar-refractivity contribution in [3.05, 3.63) is 23.9 Å². The van der Waals surface area contributed by atoms with Crippen molar-refractivity contribution in [3.63, 3.8) is 0 Å². The largest absolute Gasteiger partial charge is 0.394 e. The minimum Gasteiger partial charge on any atom is -0.394 e. The molecule has 0 aliphatic rings. The summed E-state index contributed by atoms with van der Waals surface area (Å²) in [5.41, 5.74) is -0.329. The Bertz CT molecular complexity index is 458. The molecular formula is C12H17N3O3. The Hall–Kier alpha value is -1.95. The summed E-state index contributed by atoms with van der Waals surface area (Å²) in [4.78, 5) is 26.7. The van der Waals surface area contributed by atoms with Gasteiger partial charge in [0.25, 0.3) is 5.91 Å². The number of carbonyl (C=O) groups is 2.